The maximum Gasteiger partial charge on any atom is 0.224 e. The monoisotopic (exact) mass is 256 g/mol. The molecule has 1 heterocycles. The molecular weight excluding hydrogens is 236 g/mol. The Kier molecular flexibility index (Phi) is 4.00. The molecule has 0 aliphatic carbocycles. The van der Waals surface area contributed by atoms with Gasteiger partial charge in [0.25, 0.3) is 0 Å². The molecule has 0 aliphatic heterocycles. The van der Waals surface area contributed by atoms with Crippen LogP contribution < -0.4 is 10.2 Å². The third-order valence-corrected chi connectivity index (χ3v) is 3.00. The zero-order valence-electron chi connectivity index (χ0n) is 11.9. The van der Waals surface area contributed by atoms with E-state index in [4.69, 9.17) is 0 Å². The lowest BCUT2D eigenvalue weighted by Crippen LogP contribution is -2.18. The predicted molar refractivity (Wildman–Crippen MR) is 80.2 cm³/mol. The molecule has 0 saturated heterocycles. The van der Waals surface area contributed by atoms with Gasteiger partial charge in [0.1, 0.15) is 5.82 Å². The van der Waals surface area contributed by atoms with Gasteiger partial charge in [0, 0.05) is 31.0 Å². The van der Waals surface area contributed by atoms with E-state index in [1.807, 2.05) is 20.0 Å². The Bertz CT molecular complexity index is 549. The third kappa shape index (κ3) is 3.02. The largest absolute Gasteiger partial charge is 0.357 e. The second kappa shape index (κ2) is 5.69. The summed E-state index contributed by atoms with van der Waals surface area (Å²) in [5.74, 6) is 1.57. The van der Waals surface area contributed by atoms with E-state index in [0.29, 0.717) is 5.95 Å². The van der Waals surface area contributed by atoms with Gasteiger partial charge in [-0.1, -0.05) is 17.7 Å². The van der Waals surface area contributed by atoms with Crippen LogP contribution in [0.2, 0.25) is 0 Å². The number of nitrogens with one attached hydrogen (secondary N) is 1. The first-order valence-electron chi connectivity index (χ1n) is 6.51. The maximum atomic E-state index is 4.53. The van der Waals surface area contributed by atoms with Gasteiger partial charge in [0.05, 0.1) is 0 Å². The summed E-state index contributed by atoms with van der Waals surface area (Å²) in [6.45, 7) is 7.06. The smallest absolute Gasteiger partial charge is 0.224 e. The van der Waals surface area contributed by atoms with Gasteiger partial charge in [0.2, 0.25) is 5.95 Å². The first kappa shape index (κ1) is 13.3. The van der Waals surface area contributed by atoms with E-state index >= 15 is 0 Å². The molecule has 0 radical (unpaired) electrons. The Morgan fingerprint density at radius 2 is 1.79 bits per heavy atom. The van der Waals surface area contributed by atoms with E-state index in [1.54, 1.807) is 0 Å². The lowest BCUT2D eigenvalue weighted by molar-refractivity contribution is 0.967. The normalized spacial score (nSPS) is 10.3. The topological polar surface area (TPSA) is 41.1 Å². The summed E-state index contributed by atoms with van der Waals surface area (Å²) >= 11 is 0. The molecule has 0 bridgehead atoms. The van der Waals surface area contributed by atoms with Crippen molar-refractivity contribution in [2.24, 2.45) is 0 Å². The molecule has 19 heavy (non-hydrogen) atoms. The molecule has 4 heteroatoms. The van der Waals surface area contributed by atoms with Gasteiger partial charge >= 0.3 is 0 Å². The molecule has 0 amide bonds. The summed E-state index contributed by atoms with van der Waals surface area (Å²) < 4.78 is 0. The molecule has 100 valence electrons. The quantitative estimate of drug-likeness (QED) is 0.911. The van der Waals surface area contributed by atoms with Crippen LogP contribution in [0.4, 0.5) is 17.5 Å². The van der Waals surface area contributed by atoms with Gasteiger partial charge in [-0.05, 0) is 32.9 Å². The molecule has 1 aromatic heterocycles. The average molecular weight is 256 g/mol. The summed E-state index contributed by atoms with van der Waals surface area (Å²) in [5, 5.41) is 3.00. The van der Waals surface area contributed by atoms with Crippen molar-refractivity contribution >= 4 is 17.5 Å². The molecule has 0 unspecified atom stereocenters. The number of nitrogens with zero attached hydrogens (tertiary/aromatic N) is 3. The van der Waals surface area contributed by atoms with Crippen LogP contribution in [0.3, 0.4) is 0 Å². The number of benzene rings is 1. The molecule has 0 fully saturated rings. The first-order valence-corrected chi connectivity index (χ1v) is 6.51. The van der Waals surface area contributed by atoms with E-state index < -0.39 is 0 Å². The highest BCUT2D eigenvalue weighted by Gasteiger charge is 2.10. The van der Waals surface area contributed by atoms with Crippen molar-refractivity contribution in [2.75, 3.05) is 23.8 Å². The van der Waals surface area contributed by atoms with Gasteiger partial charge in [-0.25, -0.2) is 4.98 Å². The summed E-state index contributed by atoms with van der Waals surface area (Å²) in [5.41, 5.74) is 3.36. The predicted octanol–water partition coefficient (Wildman–Crippen LogP) is 3.29. The number of rotatable bonds is 4. The zero-order valence-corrected chi connectivity index (χ0v) is 11.9. The van der Waals surface area contributed by atoms with Crippen molar-refractivity contribution in [2.45, 2.75) is 20.8 Å². The molecule has 0 spiro atoms. The summed E-state index contributed by atoms with van der Waals surface area (Å²) in [7, 11) is 1.83. The number of hydrogen-bond acceptors (Lipinski definition) is 4. The van der Waals surface area contributed by atoms with Crippen LogP contribution >= 0.6 is 0 Å². The number of aryl methyl sites for hydroxylation is 2. The van der Waals surface area contributed by atoms with Crippen LogP contribution in [0.1, 0.15) is 18.2 Å². The molecule has 0 aliphatic rings. The summed E-state index contributed by atoms with van der Waals surface area (Å²) in [6.07, 6.45) is 0. The Labute approximate surface area is 114 Å². The molecular formula is C15H20N4. The van der Waals surface area contributed by atoms with Gasteiger partial charge in [-0.15, -0.1) is 0 Å². The fraction of sp³-hybridized carbons (Fsp3) is 0.333. The van der Waals surface area contributed by atoms with Gasteiger partial charge < -0.3 is 10.2 Å². The van der Waals surface area contributed by atoms with E-state index in [0.717, 1.165) is 23.7 Å². The van der Waals surface area contributed by atoms with Crippen molar-refractivity contribution in [3.05, 3.63) is 41.6 Å². The van der Waals surface area contributed by atoms with Crippen molar-refractivity contribution in [3.63, 3.8) is 0 Å². The Balaban J connectivity index is 2.41. The van der Waals surface area contributed by atoms with Gasteiger partial charge in [0.15, 0.2) is 0 Å². The van der Waals surface area contributed by atoms with Crippen molar-refractivity contribution in [3.8, 4) is 0 Å². The SMILES string of the molecule is CCN(c1ccc(C)cc1)c1cc(C)nc(NC)n1. The molecule has 4 nitrogen and oxygen atoms in total. The molecule has 0 saturated carbocycles. The summed E-state index contributed by atoms with van der Waals surface area (Å²) in [6, 6.07) is 10.5. The first-order chi connectivity index (χ1) is 9.13. The number of aromatic nitrogens is 2. The van der Waals surface area contributed by atoms with Crippen molar-refractivity contribution in [1.29, 1.82) is 0 Å². The molecule has 2 rings (SSSR count). The highest BCUT2D eigenvalue weighted by atomic mass is 15.2. The maximum absolute atomic E-state index is 4.53. The highest BCUT2D eigenvalue weighted by Crippen LogP contribution is 2.24. The zero-order chi connectivity index (χ0) is 13.8. The Morgan fingerprint density at radius 1 is 1.11 bits per heavy atom. The fourth-order valence-electron chi connectivity index (χ4n) is 2.00. The average Bonchev–Trinajstić information content (AvgIpc) is 2.41. The van der Waals surface area contributed by atoms with Crippen molar-refractivity contribution in [1.82, 2.24) is 9.97 Å². The second-order valence-corrected chi connectivity index (χ2v) is 4.52. The van der Waals surface area contributed by atoms with Crippen molar-refractivity contribution < 1.29 is 0 Å². The van der Waals surface area contributed by atoms with Crippen LogP contribution in [0.15, 0.2) is 30.3 Å². The molecule has 2 aromatic rings. The van der Waals surface area contributed by atoms with E-state index in [2.05, 4.69) is 58.3 Å². The standard InChI is InChI=1S/C15H20N4/c1-5-19(13-8-6-11(2)7-9-13)14-10-12(3)17-15(16-4)18-14/h6-10H,5H2,1-4H3,(H,16,17,18). The lowest BCUT2D eigenvalue weighted by Gasteiger charge is -2.23. The van der Waals surface area contributed by atoms with E-state index in [9.17, 15) is 0 Å². The minimum Gasteiger partial charge on any atom is -0.357 e. The second-order valence-electron chi connectivity index (χ2n) is 4.52. The minimum absolute atomic E-state index is 0.653. The van der Waals surface area contributed by atoms with E-state index in [-0.39, 0.29) is 0 Å². The Hall–Kier alpha value is -2.10. The molecule has 1 aromatic carbocycles. The number of hydrogen-bond donors (Lipinski definition) is 1. The van der Waals surface area contributed by atoms with Gasteiger partial charge in [-0.3, -0.25) is 0 Å². The highest BCUT2D eigenvalue weighted by molar-refractivity contribution is 5.61. The molecule has 1 N–H and O–H groups in total. The van der Waals surface area contributed by atoms with Gasteiger partial charge in [-0.2, -0.15) is 4.98 Å². The van der Waals surface area contributed by atoms with Crippen LogP contribution in [-0.2, 0) is 0 Å². The van der Waals surface area contributed by atoms with E-state index in [1.165, 1.54) is 5.56 Å². The lowest BCUT2D eigenvalue weighted by atomic mass is 10.2. The Morgan fingerprint density at radius 3 is 2.37 bits per heavy atom. The van der Waals surface area contributed by atoms with Crippen LogP contribution in [0.25, 0.3) is 0 Å². The van der Waals surface area contributed by atoms with Crippen LogP contribution in [-0.4, -0.2) is 23.6 Å². The minimum atomic E-state index is 0.653. The van der Waals surface area contributed by atoms with Crippen LogP contribution in [0.5, 0.6) is 0 Å². The number of anilines is 3. The third-order valence-electron chi connectivity index (χ3n) is 3.00. The van der Waals surface area contributed by atoms with Crippen LogP contribution in [0, 0.1) is 13.8 Å². The fourth-order valence-corrected chi connectivity index (χ4v) is 2.00. The molecule has 0 atom stereocenters. The summed E-state index contributed by atoms with van der Waals surface area (Å²) in [4.78, 5) is 11.0.